The van der Waals surface area contributed by atoms with E-state index >= 15 is 0 Å². The van der Waals surface area contributed by atoms with E-state index in [1.54, 1.807) is 0 Å². The minimum absolute atomic E-state index is 0.0393. The normalized spacial score (nSPS) is 16.6. The minimum atomic E-state index is -3.48. The molecule has 0 spiro atoms. The number of rotatable bonds is 20. The van der Waals surface area contributed by atoms with Crippen LogP contribution in [-0.4, -0.2) is 140 Å². The summed E-state index contributed by atoms with van der Waals surface area (Å²) in [5, 5.41) is 0. The van der Waals surface area contributed by atoms with E-state index < -0.39 is 20.2 Å². The Hall–Kier alpha value is -0.340. The monoisotopic (exact) mass is 528 g/mol. The molecule has 1 heterocycles. The fourth-order valence-corrected chi connectivity index (χ4v) is 5.81. The maximum Gasteiger partial charge on any atom is 0.267 e. The molecule has 1 aliphatic rings. The Bertz CT molecular complexity index is 658. The lowest BCUT2D eigenvalue weighted by atomic mass is 10.3. The van der Waals surface area contributed by atoms with Crippen LogP contribution in [0, 0.1) is 0 Å². The van der Waals surface area contributed by atoms with Gasteiger partial charge in [-0.3, -0.25) is 8.37 Å². The minimum Gasteiger partial charge on any atom is -0.302 e. The second-order valence-corrected chi connectivity index (χ2v) is 12.1. The fourth-order valence-electron chi connectivity index (χ4n) is 3.95. The van der Waals surface area contributed by atoms with Gasteiger partial charge in [0.1, 0.15) is 0 Å². The summed E-state index contributed by atoms with van der Waals surface area (Å²) in [6.07, 6.45) is 1.10. The highest BCUT2D eigenvalue weighted by Crippen LogP contribution is 2.07. The summed E-state index contributed by atoms with van der Waals surface area (Å²) in [6, 6.07) is 0. The third-order valence-corrected chi connectivity index (χ3v) is 8.96. The Morgan fingerprint density at radius 3 is 1.24 bits per heavy atom. The van der Waals surface area contributed by atoms with E-state index in [0.717, 1.165) is 65.4 Å². The van der Waals surface area contributed by atoms with Gasteiger partial charge in [-0.05, 0) is 52.1 Å². The van der Waals surface area contributed by atoms with Crippen LogP contribution in [0.2, 0.25) is 0 Å². The van der Waals surface area contributed by atoms with E-state index in [0.29, 0.717) is 25.9 Å². The van der Waals surface area contributed by atoms with Crippen LogP contribution in [-0.2, 0) is 28.6 Å². The molecule has 0 unspecified atom stereocenters. The Balaban J connectivity index is 2.16. The molecule has 12 heteroatoms. The average Bonchev–Trinajstić information content (AvgIpc) is 2.80. The van der Waals surface area contributed by atoms with Crippen LogP contribution in [0.5, 0.6) is 0 Å². The zero-order chi connectivity index (χ0) is 25.5. The molecule has 1 fully saturated rings. The molecule has 0 bridgehead atoms. The van der Waals surface area contributed by atoms with E-state index in [4.69, 9.17) is 8.37 Å². The molecule has 0 aliphatic carbocycles. The van der Waals surface area contributed by atoms with E-state index in [2.05, 4.69) is 19.6 Å². The van der Waals surface area contributed by atoms with Crippen molar-refractivity contribution in [2.45, 2.75) is 40.5 Å². The third kappa shape index (κ3) is 14.3. The van der Waals surface area contributed by atoms with Crippen molar-refractivity contribution in [3.05, 3.63) is 0 Å². The molecule has 0 amide bonds. The molecule has 1 saturated heterocycles. The van der Waals surface area contributed by atoms with Gasteiger partial charge in [0.15, 0.2) is 0 Å². The second-order valence-electron chi connectivity index (χ2n) is 8.61. The fraction of sp³-hybridized carbons (Fsp3) is 1.00. The highest BCUT2D eigenvalue weighted by atomic mass is 32.2. The van der Waals surface area contributed by atoms with Gasteiger partial charge < -0.3 is 19.6 Å². The van der Waals surface area contributed by atoms with Crippen molar-refractivity contribution in [2.75, 3.05) is 103 Å². The predicted molar refractivity (Wildman–Crippen MR) is 137 cm³/mol. The Morgan fingerprint density at radius 1 is 0.618 bits per heavy atom. The molecule has 0 atom stereocenters. The van der Waals surface area contributed by atoms with Crippen molar-refractivity contribution in [3.8, 4) is 0 Å². The van der Waals surface area contributed by atoms with Crippen molar-refractivity contribution in [3.63, 3.8) is 0 Å². The first-order valence-corrected chi connectivity index (χ1v) is 15.9. The first-order chi connectivity index (χ1) is 16.1. The number of hydrogen-bond donors (Lipinski definition) is 0. The highest BCUT2D eigenvalue weighted by Gasteiger charge is 2.19. The van der Waals surface area contributed by atoms with Gasteiger partial charge in [0.2, 0.25) is 0 Å². The van der Waals surface area contributed by atoms with Crippen molar-refractivity contribution in [2.24, 2.45) is 0 Å². The molecule has 0 radical (unpaired) electrons. The number of likely N-dealkylation sites (N-methyl/N-ethyl adjacent to an activating group) is 2. The Kier molecular flexibility index (Phi) is 16.0. The first kappa shape index (κ1) is 31.7. The first-order valence-electron chi connectivity index (χ1n) is 12.8. The molecule has 0 N–H and O–H groups in total. The van der Waals surface area contributed by atoms with Gasteiger partial charge >= 0.3 is 0 Å². The summed E-state index contributed by atoms with van der Waals surface area (Å²) in [4.78, 5) is 8.78. The maximum absolute atomic E-state index is 12.1. The second kappa shape index (κ2) is 17.2. The molecule has 1 aliphatic heterocycles. The predicted octanol–water partition coefficient (Wildman–Crippen LogP) is 0.761. The standard InChI is InChI=1S/C22H48N4O6S2/c1-5-23(6-2)17-19-31-33(27,28)21-9-11-25-13-15-26(16-14-25)12-10-22-34(29,30)32-20-18-24(7-3)8-4/h5-22H2,1-4H3. The van der Waals surface area contributed by atoms with Crippen LogP contribution in [0.15, 0.2) is 0 Å². The van der Waals surface area contributed by atoms with Gasteiger partial charge in [0.05, 0.1) is 24.7 Å². The third-order valence-electron chi connectivity index (χ3n) is 6.33. The molecule has 0 saturated carbocycles. The van der Waals surface area contributed by atoms with E-state index in [9.17, 15) is 16.8 Å². The molecule has 204 valence electrons. The van der Waals surface area contributed by atoms with Crippen LogP contribution in [0.4, 0.5) is 0 Å². The molecule has 0 aromatic rings. The highest BCUT2D eigenvalue weighted by molar-refractivity contribution is 7.86. The zero-order valence-electron chi connectivity index (χ0n) is 21.8. The van der Waals surface area contributed by atoms with Crippen molar-refractivity contribution >= 4 is 20.2 Å². The quantitative estimate of drug-likeness (QED) is 0.211. The smallest absolute Gasteiger partial charge is 0.267 e. The topological polar surface area (TPSA) is 99.7 Å². The molecule has 0 aromatic heterocycles. The lowest BCUT2D eigenvalue weighted by Gasteiger charge is -2.34. The lowest BCUT2D eigenvalue weighted by molar-refractivity contribution is 0.132. The summed E-state index contributed by atoms with van der Waals surface area (Å²) < 4.78 is 58.6. The number of piperazine rings is 1. The molecule has 0 aromatic carbocycles. The van der Waals surface area contributed by atoms with Crippen molar-refractivity contribution < 1.29 is 25.2 Å². The summed E-state index contributed by atoms with van der Waals surface area (Å²) >= 11 is 0. The molecule has 34 heavy (non-hydrogen) atoms. The largest absolute Gasteiger partial charge is 0.302 e. The summed E-state index contributed by atoms with van der Waals surface area (Å²) in [5.74, 6) is 0.0786. The summed E-state index contributed by atoms with van der Waals surface area (Å²) in [7, 11) is -6.96. The van der Waals surface area contributed by atoms with Gasteiger partial charge in [-0.15, -0.1) is 0 Å². The van der Waals surface area contributed by atoms with Gasteiger partial charge in [-0.25, -0.2) is 0 Å². The average molecular weight is 529 g/mol. The van der Waals surface area contributed by atoms with Gasteiger partial charge in [-0.1, -0.05) is 27.7 Å². The Labute approximate surface area is 208 Å². The van der Waals surface area contributed by atoms with Crippen LogP contribution in [0.25, 0.3) is 0 Å². The van der Waals surface area contributed by atoms with Gasteiger partial charge in [0.25, 0.3) is 20.2 Å². The molecule has 1 rings (SSSR count). The lowest BCUT2D eigenvalue weighted by Crippen LogP contribution is -2.47. The van der Waals surface area contributed by atoms with E-state index in [1.165, 1.54) is 0 Å². The molecular formula is C22H48N4O6S2. The number of hydrogen-bond acceptors (Lipinski definition) is 10. The SMILES string of the molecule is CCN(CC)CCOS(=O)(=O)CCCN1CCN(CCCS(=O)(=O)OCCN(CC)CC)CC1. The van der Waals surface area contributed by atoms with Crippen LogP contribution in [0.3, 0.4) is 0 Å². The van der Waals surface area contributed by atoms with Crippen molar-refractivity contribution in [1.29, 1.82) is 0 Å². The van der Waals surface area contributed by atoms with Crippen LogP contribution < -0.4 is 0 Å². The zero-order valence-corrected chi connectivity index (χ0v) is 23.4. The van der Waals surface area contributed by atoms with Crippen LogP contribution in [0.1, 0.15) is 40.5 Å². The summed E-state index contributed by atoms with van der Waals surface area (Å²) in [5.41, 5.74) is 0. The molecular weight excluding hydrogens is 480 g/mol. The van der Waals surface area contributed by atoms with E-state index in [-0.39, 0.29) is 24.7 Å². The van der Waals surface area contributed by atoms with Crippen LogP contribution >= 0.6 is 0 Å². The van der Waals surface area contributed by atoms with Crippen molar-refractivity contribution in [1.82, 2.24) is 19.6 Å². The summed E-state index contributed by atoms with van der Waals surface area (Å²) in [6.45, 7) is 18.2. The van der Waals surface area contributed by atoms with E-state index in [1.807, 2.05) is 27.7 Å². The van der Waals surface area contributed by atoms with Gasteiger partial charge in [-0.2, -0.15) is 16.8 Å². The number of nitrogens with zero attached hydrogens (tertiary/aromatic N) is 4. The maximum atomic E-state index is 12.1. The van der Waals surface area contributed by atoms with Gasteiger partial charge in [0, 0.05) is 39.3 Å². The molecule has 10 nitrogen and oxygen atoms in total. The Morgan fingerprint density at radius 2 is 0.941 bits per heavy atom.